The monoisotopic (exact) mass is 275 g/mol. The third-order valence-electron chi connectivity index (χ3n) is 1.73. The van der Waals surface area contributed by atoms with Crippen LogP contribution in [-0.4, -0.2) is 23.7 Å². The van der Waals surface area contributed by atoms with Crippen molar-refractivity contribution in [3.05, 3.63) is 34.1 Å². The average molecular weight is 276 g/mol. The molecular weight excluding hydrogens is 265 g/mol. The van der Waals surface area contributed by atoms with Crippen molar-refractivity contribution in [2.45, 2.75) is 13.0 Å². The number of aliphatic hydroxyl groups excluding tert-OH is 1. The zero-order valence-electron chi connectivity index (χ0n) is 8.13. The first-order chi connectivity index (χ1) is 7.00. The summed E-state index contributed by atoms with van der Waals surface area (Å²) in [6, 6.07) is 4.19. The predicted octanol–water partition coefficient (Wildman–Crippen LogP) is 1.70. The summed E-state index contributed by atoms with van der Waals surface area (Å²) in [5.41, 5.74) is -0.0288. The van der Waals surface area contributed by atoms with Gasteiger partial charge in [-0.05, 0) is 25.1 Å². The van der Waals surface area contributed by atoms with E-state index in [1.54, 1.807) is 6.07 Å². The summed E-state index contributed by atoms with van der Waals surface area (Å²) in [4.78, 5) is 11.4. The molecule has 0 saturated carbocycles. The van der Waals surface area contributed by atoms with Crippen LogP contribution in [0, 0.1) is 5.82 Å². The van der Waals surface area contributed by atoms with Gasteiger partial charge in [-0.1, -0.05) is 15.9 Å². The highest BCUT2D eigenvalue weighted by Crippen LogP contribution is 2.14. The van der Waals surface area contributed by atoms with Gasteiger partial charge in [0.15, 0.2) is 0 Å². The molecule has 1 aromatic carbocycles. The summed E-state index contributed by atoms with van der Waals surface area (Å²) >= 11 is 3.10. The Bertz CT molecular complexity index is 368. The molecule has 0 aromatic heterocycles. The number of aliphatic hydroxyl groups is 1. The third-order valence-corrected chi connectivity index (χ3v) is 2.23. The van der Waals surface area contributed by atoms with E-state index in [1.807, 2.05) is 0 Å². The highest BCUT2D eigenvalue weighted by Gasteiger charge is 2.11. The molecule has 0 fully saturated rings. The van der Waals surface area contributed by atoms with E-state index in [9.17, 15) is 9.18 Å². The van der Waals surface area contributed by atoms with E-state index in [4.69, 9.17) is 5.11 Å². The van der Waals surface area contributed by atoms with Crippen LogP contribution in [0.4, 0.5) is 4.39 Å². The molecule has 1 unspecified atom stereocenters. The molecule has 1 atom stereocenters. The summed E-state index contributed by atoms with van der Waals surface area (Å²) in [5, 5.41) is 11.4. The van der Waals surface area contributed by atoms with Crippen molar-refractivity contribution in [3.63, 3.8) is 0 Å². The van der Waals surface area contributed by atoms with Crippen molar-refractivity contribution in [2.24, 2.45) is 0 Å². The molecule has 0 heterocycles. The molecular formula is C10H11BrFNO2. The Kier molecular flexibility index (Phi) is 4.23. The van der Waals surface area contributed by atoms with Crippen LogP contribution in [0.3, 0.4) is 0 Å². The second kappa shape index (κ2) is 5.23. The Balaban J connectivity index is 2.74. The maximum atomic E-state index is 13.3. The number of carbonyl (C=O) groups excluding carboxylic acids is 1. The molecule has 0 spiro atoms. The number of hydrogen-bond acceptors (Lipinski definition) is 2. The quantitative estimate of drug-likeness (QED) is 0.882. The van der Waals surface area contributed by atoms with E-state index in [1.165, 1.54) is 19.1 Å². The fourth-order valence-corrected chi connectivity index (χ4v) is 1.34. The van der Waals surface area contributed by atoms with Gasteiger partial charge in [-0.3, -0.25) is 4.79 Å². The van der Waals surface area contributed by atoms with Crippen LogP contribution in [0.1, 0.15) is 17.3 Å². The largest absolute Gasteiger partial charge is 0.392 e. The second-order valence-corrected chi connectivity index (χ2v) is 4.10. The van der Waals surface area contributed by atoms with Crippen LogP contribution in [0.5, 0.6) is 0 Å². The molecule has 5 heteroatoms. The summed E-state index contributed by atoms with van der Waals surface area (Å²) in [6.07, 6.45) is -0.646. The number of rotatable bonds is 3. The maximum absolute atomic E-state index is 13.3. The molecule has 1 rings (SSSR count). The summed E-state index contributed by atoms with van der Waals surface area (Å²) in [5.74, 6) is -1.12. The average Bonchev–Trinajstić information content (AvgIpc) is 2.14. The molecule has 0 aliphatic heterocycles. The Hall–Kier alpha value is -0.940. The standard InChI is InChI=1S/C10H11BrFNO2/c1-6(14)5-13-10(15)8-3-2-7(11)4-9(8)12/h2-4,6,14H,5H2,1H3,(H,13,15). The molecule has 0 aliphatic rings. The topological polar surface area (TPSA) is 49.3 Å². The van der Waals surface area contributed by atoms with Gasteiger partial charge < -0.3 is 10.4 Å². The van der Waals surface area contributed by atoms with Crippen molar-refractivity contribution >= 4 is 21.8 Å². The van der Waals surface area contributed by atoms with Crippen LogP contribution < -0.4 is 5.32 Å². The highest BCUT2D eigenvalue weighted by atomic mass is 79.9. The lowest BCUT2D eigenvalue weighted by atomic mass is 10.2. The Labute approximate surface area is 95.4 Å². The lowest BCUT2D eigenvalue weighted by Gasteiger charge is -2.07. The number of halogens is 2. The minimum atomic E-state index is -0.646. The van der Waals surface area contributed by atoms with E-state index in [0.717, 1.165) is 0 Å². The lowest BCUT2D eigenvalue weighted by molar-refractivity contribution is 0.0920. The van der Waals surface area contributed by atoms with Crippen LogP contribution in [0.15, 0.2) is 22.7 Å². The predicted molar refractivity (Wildman–Crippen MR) is 58.1 cm³/mol. The van der Waals surface area contributed by atoms with Gasteiger partial charge in [-0.2, -0.15) is 0 Å². The van der Waals surface area contributed by atoms with Crippen LogP contribution >= 0.6 is 15.9 Å². The molecule has 3 nitrogen and oxygen atoms in total. The van der Waals surface area contributed by atoms with E-state index in [2.05, 4.69) is 21.2 Å². The molecule has 1 aromatic rings. The highest BCUT2D eigenvalue weighted by molar-refractivity contribution is 9.10. The van der Waals surface area contributed by atoms with Crippen molar-refractivity contribution < 1.29 is 14.3 Å². The van der Waals surface area contributed by atoms with E-state index >= 15 is 0 Å². The number of carbonyl (C=O) groups is 1. The molecule has 1 amide bonds. The second-order valence-electron chi connectivity index (χ2n) is 3.18. The Morgan fingerprint density at radius 1 is 1.67 bits per heavy atom. The van der Waals surface area contributed by atoms with Gasteiger partial charge in [0.1, 0.15) is 5.82 Å². The molecule has 0 bridgehead atoms. The van der Waals surface area contributed by atoms with Crippen molar-refractivity contribution in [1.82, 2.24) is 5.32 Å². The maximum Gasteiger partial charge on any atom is 0.254 e. The van der Waals surface area contributed by atoms with Gasteiger partial charge in [0, 0.05) is 11.0 Å². The Morgan fingerprint density at radius 3 is 2.87 bits per heavy atom. The number of hydrogen-bond donors (Lipinski definition) is 2. The third kappa shape index (κ3) is 3.60. The zero-order chi connectivity index (χ0) is 11.4. The number of amides is 1. The first-order valence-corrected chi connectivity index (χ1v) is 5.21. The lowest BCUT2D eigenvalue weighted by Crippen LogP contribution is -2.31. The van der Waals surface area contributed by atoms with Crippen LogP contribution in [0.25, 0.3) is 0 Å². The van der Waals surface area contributed by atoms with Gasteiger partial charge in [-0.25, -0.2) is 4.39 Å². The number of benzene rings is 1. The van der Waals surface area contributed by atoms with Gasteiger partial charge >= 0.3 is 0 Å². The molecule has 0 radical (unpaired) electrons. The van der Waals surface area contributed by atoms with Crippen molar-refractivity contribution in [2.75, 3.05) is 6.54 Å². The van der Waals surface area contributed by atoms with Gasteiger partial charge in [-0.15, -0.1) is 0 Å². The molecule has 82 valence electrons. The van der Waals surface area contributed by atoms with Crippen molar-refractivity contribution in [3.8, 4) is 0 Å². The molecule has 0 aliphatic carbocycles. The first kappa shape index (κ1) is 12.1. The van der Waals surface area contributed by atoms with Crippen LogP contribution in [-0.2, 0) is 0 Å². The fraction of sp³-hybridized carbons (Fsp3) is 0.300. The molecule has 0 saturated heterocycles. The van der Waals surface area contributed by atoms with E-state index in [-0.39, 0.29) is 12.1 Å². The van der Waals surface area contributed by atoms with Gasteiger partial charge in [0.2, 0.25) is 0 Å². The number of nitrogens with one attached hydrogen (secondary N) is 1. The van der Waals surface area contributed by atoms with Crippen LogP contribution in [0.2, 0.25) is 0 Å². The minimum absolute atomic E-state index is 0.0288. The SMILES string of the molecule is CC(O)CNC(=O)c1ccc(Br)cc1F. The van der Waals surface area contributed by atoms with Gasteiger partial charge in [0.25, 0.3) is 5.91 Å². The first-order valence-electron chi connectivity index (χ1n) is 4.42. The molecule has 2 N–H and O–H groups in total. The normalized spacial score (nSPS) is 12.3. The van der Waals surface area contributed by atoms with E-state index in [0.29, 0.717) is 4.47 Å². The Morgan fingerprint density at radius 2 is 2.33 bits per heavy atom. The summed E-state index contributed by atoms with van der Waals surface area (Å²) in [6.45, 7) is 1.65. The van der Waals surface area contributed by atoms with Gasteiger partial charge in [0.05, 0.1) is 11.7 Å². The van der Waals surface area contributed by atoms with Crippen molar-refractivity contribution in [1.29, 1.82) is 0 Å². The summed E-state index contributed by atoms with van der Waals surface area (Å²) < 4.78 is 13.8. The minimum Gasteiger partial charge on any atom is -0.392 e. The zero-order valence-corrected chi connectivity index (χ0v) is 9.71. The molecule has 15 heavy (non-hydrogen) atoms. The summed E-state index contributed by atoms with van der Waals surface area (Å²) in [7, 11) is 0. The van der Waals surface area contributed by atoms with E-state index < -0.39 is 17.8 Å². The fourth-order valence-electron chi connectivity index (χ4n) is 1.01. The smallest absolute Gasteiger partial charge is 0.254 e.